The van der Waals surface area contributed by atoms with Crippen molar-refractivity contribution in [2.45, 2.75) is 76.5 Å². The SMILES string of the molecule is COC(C)(C)CC(C)(CO)NC1CCCCC1. The Kier molecular flexibility index (Phi) is 5.42. The Morgan fingerprint density at radius 3 is 2.24 bits per heavy atom. The van der Waals surface area contributed by atoms with Gasteiger partial charge < -0.3 is 15.2 Å². The van der Waals surface area contributed by atoms with E-state index in [2.05, 4.69) is 26.1 Å². The zero-order valence-electron chi connectivity index (χ0n) is 11.9. The lowest BCUT2D eigenvalue weighted by atomic mass is 9.85. The fraction of sp³-hybridized carbons (Fsp3) is 1.00. The van der Waals surface area contributed by atoms with E-state index in [1.54, 1.807) is 7.11 Å². The molecule has 1 fully saturated rings. The Bertz CT molecular complexity index is 224. The van der Waals surface area contributed by atoms with Crippen molar-refractivity contribution in [2.24, 2.45) is 0 Å². The van der Waals surface area contributed by atoms with Gasteiger partial charge in [0.25, 0.3) is 0 Å². The Balaban J connectivity index is 2.54. The average Bonchev–Trinajstić information content (AvgIpc) is 2.29. The summed E-state index contributed by atoms with van der Waals surface area (Å²) in [5.74, 6) is 0. The van der Waals surface area contributed by atoms with Gasteiger partial charge in [0, 0.05) is 18.7 Å². The Morgan fingerprint density at radius 1 is 1.18 bits per heavy atom. The van der Waals surface area contributed by atoms with Crippen LogP contribution >= 0.6 is 0 Å². The third-order valence-corrected chi connectivity index (χ3v) is 3.88. The summed E-state index contributed by atoms with van der Waals surface area (Å²) in [4.78, 5) is 0. The first-order valence-electron chi connectivity index (χ1n) is 6.84. The van der Waals surface area contributed by atoms with Crippen LogP contribution in [0.3, 0.4) is 0 Å². The lowest BCUT2D eigenvalue weighted by Gasteiger charge is -2.40. The molecule has 0 saturated heterocycles. The second kappa shape index (κ2) is 6.17. The first-order valence-corrected chi connectivity index (χ1v) is 6.84. The van der Waals surface area contributed by atoms with E-state index in [0.29, 0.717) is 6.04 Å². The highest BCUT2D eigenvalue weighted by Gasteiger charge is 2.34. The predicted molar refractivity (Wildman–Crippen MR) is 71.2 cm³/mol. The number of ether oxygens (including phenoxy) is 1. The van der Waals surface area contributed by atoms with Gasteiger partial charge in [-0.05, 0) is 40.0 Å². The van der Waals surface area contributed by atoms with E-state index >= 15 is 0 Å². The zero-order valence-corrected chi connectivity index (χ0v) is 11.9. The van der Waals surface area contributed by atoms with Crippen molar-refractivity contribution in [3.8, 4) is 0 Å². The van der Waals surface area contributed by atoms with Crippen LogP contribution in [0.2, 0.25) is 0 Å². The summed E-state index contributed by atoms with van der Waals surface area (Å²) in [5, 5.41) is 13.3. The molecule has 102 valence electrons. The van der Waals surface area contributed by atoms with Gasteiger partial charge in [0.05, 0.1) is 12.2 Å². The van der Waals surface area contributed by atoms with Crippen molar-refractivity contribution >= 4 is 0 Å². The summed E-state index contributed by atoms with van der Waals surface area (Å²) in [6.45, 7) is 6.41. The quantitative estimate of drug-likeness (QED) is 0.753. The van der Waals surface area contributed by atoms with Gasteiger partial charge in [-0.2, -0.15) is 0 Å². The Labute approximate surface area is 106 Å². The molecule has 0 aromatic rings. The van der Waals surface area contributed by atoms with Gasteiger partial charge in [0.1, 0.15) is 0 Å². The van der Waals surface area contributed by atoms with Crippen molar-refractivity contribution < 1.29 is 9.84 Å². The van der Waals surface area contributed by atoms with Crippen LogP contribution in [-0.4, -0.2) is 36.0 Å². The molecule has 1 aliphatic carbocycles. The van der Waals surface area contributed by atoms with Crippen LogP contribution in [-0.2, 0) is 4.74 Å². The number of hydrogen-bond donors (Lipinski definition) is 2. The summed E-state index contributed by atoms with van der Waals surface area (Å²) in [7, 11) is 1.73. The van der Waals surface area contributed by atoms with E-state index in [1.807, 2.05) is 0 Å². The van der Waals surface area contributed by atoms with Gasteiger partial charge in [-0.1, -0.05) is 19.3 Å². The maximum atomic E-state index is 9.66. The van der Waals surface area contributed by atoms with Crippen LogP contribution in [0.4, 0.5) is 0 Å². The molecule has 3 nitrogen and oxygen atoms in total. The smallest absolute Gasteiger partial charge is 0.0641 e. The van der Waals surface area contributed by atoms with Crippen LogP contribution in [0.15, 0.2) is 0 Å². The van der Waals surface area contributed by atoms with Gasteiger partial charge in [-0.3, -0.25) is 0 Å². The van der Waals surface area contributed by atoms with E-state index in [1.165, 1.54) is 32.1 Å². The maximum absolute atomic E-state index is 9.66. The molecule has 1 rings (SSSR count). The minimum absolute atomic E-state index is 0.163. The van der Waals surface area contributed by atoms with Gasteiger partial charge in [0.15, 0.2) is 0 Å². The summed E-state index contributed by atoms with van der Waals surface area (Å²) < 4.78 is 5.47. The largest absolute Gasteiger partial charge is 0.394 e. The lowest BCUT2D eigenvalue weighted by Crippen LogP contribution is -2.54. The number of rotatable bonds is 6. The number of methoxy groups -OCH3 is 1. The van der Waals surface area contributed by atoms with Crippen molar-refractivity contribution in [3.63, 3.8) is 0 Å². The third-order valence-electron chi connectivity index (χ3n) is 3.88. The van der Waals surface area contributed by atoms with Gasteiger partial charge in [0.2, 0.25) is 0 Å². The van der Waals surface area contributed by atoms with Gasteiger partial charge >= 0.3 is 0 Å². The first kappa shape index (κ1) is 14.9. The molecule has 1 saturated carbocycles. The fourth-order valence-corrected chi connectivity index (χ4v) is 2.90. The minimum atomic E-state index is -0.235. The molecule has 0 aromatic carbocycles. The number of hydrogen-bond acceptors (Lipinski definition) is 3. The van der Waals surface area contributed by atoms with Gasteiger partial charge in [-0.25, -0.2) is 0 Å². The number of nitrogens with one attached hydrogen (secondary N) is 1. The highest BCUT2D eigenvalue weighted by molar-refractivity contribution is 4.92. The summed E-state index contributed by atoms with van der Waals surface area (Å²) in [5.41, 5.74) is -0.430. The predicted octanol–water partition coefficient (Wildman–Crippen LogP) is 2.47. The zero-order chi connectivity index (χ0) is 12.9. The fourth-order valence-electron chi connectivity index (χ4n) is 2.90. The van der Waals surface area contributed by atoms with E-state index in [-0.39, 0.29) is 17.7 Å². The van der Waals surface area contributed by atoms with Crippen molar-refractivity contribution in [3.05, 3.63) is 0 Å². The molecule has 0 bridgehead atoms. The second-order valence-corrected chi connectivity index (χ2v) is 6.34. The molecule has 0 aliphatic heterocycles. The molecule has 3 heteroatoms. The first-order chi connectivity index (χ1) is 7.91. The minimum Gasteiger partial charge on any atom is -0.394 e. The van der Waals surface area contributed by atoms with Crippen LogP contribution in [0.25, 0.3) is 0 Å². The molecule has 17 heavy (non-hydrogen) atoms. The normalized spacial score (nSPS) is 22.4. The molecule has 0 spiro atoms. The second-order valence-electron chi connectivity index (χ2n) is 6.34. The lowest BCUT2D eigenvalue weighted by molar-refractivity contribution is -0.0194. The molecule has 0 amide bonds. The maximum Gasteiger partial charge on any atom is 0.0641 e. The third kappa shape index (κ3) is 4.94. The topological polar surface area (TPSA) is 41.5 Å². The van der Waals surface area contributed by atoms with Crippen molar-refractivity contribution in [1.29, 1.82) is 0 Å². The average molecular weight is 243 g/mol. The van der Waals surface area contributed by atoms with Crippen LogP contribution in [0, 0.1) is 0 Å². The number of aliphatic hydroxyl groups excluding tert-OH is 1. The standard InChI is InChI=1S/C14H29NO2/c1-13(2,17-4)10-14(3,11-16)15-12-8-6-5-7-9-12/h12,15-16H,5-11H2,1-4H3. The monoisotopic (exact) mass is 243 g/mol. The van der Waals surface area contributed by atoms with Crippen LogP contribution < -0.4 is 5.32 Å². The molecule has 1 unspecified atom stereocenters. The molecule has 0 radical (unpaired) electrons. The van der Waals surface area contributed by atoms with E-state index in [9.17, 15) is 5.11 Å². The summed E-state index contributed by atoms with van der Waals surface area (Å²) in [6.07, 6.45) is 7.28. The Morgan fingerprint density at radius 2 is 1.76 bits per heavy atom. The van der Waals surface area contributed by atoms with E-state index < -0.39 is 0 Å². The van der Waals surface area contributed by atoms with Crippen molar-refractivity contribution in [1.82, 2.24) is 5.32 Å². The summed E-state index contributed by atoms with van der Waals surface area (Å²) >= 11 is 0. The van der Waals surface area contributed by atoms with Crippen LogP contribution in [0.1, 0.15) is 59.3 Å². The highest BCUT2D eigenvalue weighted by Crippen LogP contribution is 2.26. The molecule has 0 aromatic heterocycles. The molecule has 2 N–H and O–H groups in total. The number of aliphatic hydroxyl groups is 1. The molecular formula is C14H29NO2. The van der Waals surface area contributed by atoms with Gasteiger partial charge in [-0.15, -0.1) is 0 Å². The molecular weight excluding hydrogens is 214 g/mol. The molecule has 0 heterocycles. The van der Waals surface area contributed by atoms with E-state index in [4.69, 9.17) is 4.74 Å². The van der Waals surface area contributed by atoms with Crippen LogP contribution in [0.5, 0.6) is 0 Å². The highest BCUT2D eigenvalue weighted by atomic mass is 16.5. The summed E-state index contributed by atoms with van der Waals surface area (Å²) in [6, 6.07) is 0.563. The van der Waals surface area contributed by atoms with E-state index in [0.717, 1.165) is 6.42 Å². The molecule has 1 atom stereocenters. The van der Waals surface area contributed by atoms with Crippen molar-refractivity contribution in [2.75, 3.05) is 13.7 Å². The molecule has 1 aliphatic rings. The Hall–Kier alpha value is -0.120.